The van der Waals surface area contributed by atoms with Gasteiger partial charge in [-0.1, -0.05) is 24.3 Å². The molecule has 0 aliphatic carbocycles. The number of rotatable bonds is 5. The number of carbonyl (C=O) groups is 2. The first-order valence-electron chi connectivity index (χ1n) is 10.2. The quantitative estimate of drug-likeness (QED) is 0.506. The maximum Gasteiger partial charge on any atom is 0.412 e. The highest BCUT2D eigenvalue weighted by Crippen LogP contribution is 2.27. The SMILES string of the molecule is COc1ccc2cc([C@H](C)C(=O)Nc3ccc(F)c(NC(=O)OC(C)(C)C)c3)ccc2c1. The smallest absolute Gasteiger partial charge is 0.412 e. The average Bonchev–Trinajstić information content (AvgIpc) is 2.73. The minimum absolute atomic E-state index is 0.0793. The van der Waals surface area contributed by atoms with Crippen molar-refractivity contribution in [1.82, 2.24) is 0 Å². The van der Waals surface area contributed by atoms with E-state index in [1.165, 1.54) is 18.2 Å². The minimum Gasteiger partial charge on any atom is -0.497 e. The Balaban J connectivity index is 1.73. The summed E-state index contributed by atoms with van der Waals surface area (Å²) in [5.74, 6) is -0.573. The van der Waals surface area contributed by atoms with Gasteiger partial charge in [-0.2, -0.15) is 0 Å². The Bertz CT molecular complexity index is 1150. The number of halogens is 1. The monoisotopic (exact) mass is 438 g/mol. The van der Waals surface area contributed by atoms with Crippen molar-refractivity contribution in [3.05, 3.63) is 66.0 Å². The summed E-state index contributed by atoms with van der Waals surface area (Å²) in [6.07, 6.45) is -0.777. The van der Waals surface area contributed by atoms with E-state index < -0.39 is 23.4 Å². The molecule has 2 amide bonds. The summed E-state index contributed by atoms with van der Waals surface area (Å²) in [5.41, 5.74) is 0.408. The molecule has 0 aromatic heterocycles. The fourth-order valence-electron chi connectivity index (χ4n) is 3.15. The number of ether oxygens (including phenoxy) is 2. The lowest BCUT2D eigenvalue weighted by atomic mass is 9.97. The first-order valence-corrected chi connectivity index (χ1v) is 10.2. The molecule has 0 spiro atoms. The highest BCUT2D eigenvalue weighted by atomic mass is 19.1. The molecule has 0 saturated carbocycles. The van der Waals surface area contributed by atoms with Gasteiger partial charge in [-0.05, 0) is 74.4 Å². The van der Waals surface area contributed by atoms with Crippen LogP contribution in [0.25, 0.3) is 10.8 Å². The first-order chi connectivity index (χ1) is 15.1. The molecule has 0 radical (unpaired) electrons. The summed E-state index contributed by atoms with van der Waals surface area (Å²) in [6, 6.07) is 15.5. The Hall–Kier alpha value is -3.61. The molecule has 2 N–H and O–H groups in total. The second-order valence-electron chi connectivity index (χ2n) is 8.50. The molecule has 3 aromatic rings. The van der Waals surface area contributed by atoms with Gasteiger partial charge in [-0.3, -0.25) is 10.1 Å². The molecule has 0 aliphatic rings. The number of carbonyl (C=O) groups excluding carboxylic acids is 2. The van der Waals surface area contributed by atoms with Crippen LogP contribution in [0, 0.1) is 5.82 Å². The topological polar surface area (TPSA) is 76.7 Å². The van der Waals surface area contributed by atoms with E-state index in [9.17, 15) is 14.0 Å². The fraction of sp³-hybridized carbons (Fsp3) is 0.280. The number of fused-ring (bicyclic) bond motifs is 1. The van der Waals surface area contributed by atoms with Crippen LogP contribution in [0.2, 0.25) is 0 Å². The molecule has 6 nitrogen and oxygen atoms in total. The van der Waals surface area contributed by atoms with Crippen molar-refractivity contribution in [1.29, 1.82) is 0 Å². The Labute approximate surface area is 186 Å². The van der Waals surface area contributed by atoms with Crippen molar-refractivity contribution in [2.24, 2.45) is 0 Å². The first kappa shape index (κ1) is 23.1. The maximum absolute atomic E-state index is 14.1. The molecule has 0 bridgehead atoms. The van der Waals surface area contributed by atoms with Gasteiger partial charge < -0.3 is 14.8 Å². The number of hydrogen-bond donors (Lipinski definition) is 2. The van der Waals surface area contributed by atoms with Crippen molar-refractivity contribution in [2.75, 3.05) is 17.7 Å². The predicted octanol–water partition coefficient (Wildman–Crippen LogP) is 6.08. The molecule has 168 valence electrons. The second-order valence-corrected chi connectivity index (χ2v) is 8.50. The lowest BCUT2D eigenvalue weighted by molar-refractivity contribution is -0.117. The van der Waals surface area contributed by atoms with Gasteiger partial charge >= 0.3 is 6.09 Å². The molecule has 1 atom stereocenters. The molecular formula is C25H27FN2O4. The van der Waals surface area contributed by atoms with Crippen LogP contribution < -0.4 is 15.4 Å². The van der Waals surface area contributed by atoms with Crippen LogP contribution in [0.5, 0.6) is 5.75 Å². The zero-order valence-corrected chi connectivity index (χ0v) is 18.8. The predicted molar refractivity (Wildman–Crippen MR) is 124 cm³/mol. The molecule has 0 aliphatic heterocycles. The second kappa shape index (κ2) is 9.26. The van der Waals surface area contributed by atoms with Crippen LogP contribution in [0.3, 0.4) is 0 Å². The Morgan fingerprint density at radius 1 is 0.938 bits per heavy atom. The molecule has 0 saturated heterocycles. The highest BCUT2D eigenvalue weighted by molar-refractivity contribution is 5.97. The zero-order valence-electron chi connectivity index (χ0n) is 18.8. The summed E-state index contributed by atoms with van der Waals surface area (Å²) in [5, 5.41) is 7.16. The Morgan fingerprint density at radius 2 is 1.62 bits per heavy atom. The number of anilines is 2. The summed E-state index contributed by atoms with van der Waals surface area (Å²) < 4.78 is 24.5. The van der Waals surface area contributed by atoms with Crippen LogP contribution in [0.15, 0.2) is 54.6 Å². The van der Waals surface area contributed by atoms with E-state index >= 15 is 0 Å². The normalized spacial score (nSPS) is 12.2. The molecular weight excluding hydrogens is 411 g/mol. The van der Waals surface area contributed by atoms with Crippen LogP contribution >= 0.6 is 0 Å². The van der Waals surface area contributed by atoms with E-state index in [1.807, 2.05) is 36.4 Å². The Kier molecular flexibility index (Phi) is 6.67. The molecule has 7 heteroatoms. The summed E-state index contributed by atoms with van der Waals surface area (Å²) in [4.78, 5) is 24.8. The molecule has 0 fully saturated rings. The van der Waals surface area contributed by atoms with Gasteiger partial charge in [-0.25, -0.2) is 9.18 Å². The molecule has 3 rings (SSSR count). The number of benzene rings is 3. The van der Waals surface area contributed by atoms with E-state index in [2.05, 4.69) is 10.6 Å². The maximum atomic E-state index is 14.1. The van der Waals surface area contributed by atoms with E-state index in [0.717, 1.165) is 22.1 Å². The molecule has 0 unspecified atom stereocenters. The van der Waals surface area contributed by atoms with Crippen molar-refractivity contribution < 1.29 is 23.5 Å². The fourth-order valence-corrected chi connectivity index (χ4v) is 3.15. The van der Waals surface area contributed by atoms with Gasteiger partial charge in [0.25, 0.3) is 0 Å². The average molecular weight is 438 g/mol. The molecule has 32 heavy (non-hydrogen) atoms. The van der Waals surface area contributed by atoms with E-state index in [1.54, 1.807) is 34.8 Å². The zero-order chi connectivity index (χ0) is 23.5. The minimum atomic E-state index is -0.777. The van der Waals surface area contributed by atoms with Crippen LogP contribution in [-0.4, -0.2) is 24.7 Å². The third-order valence-corrected chi connectivity index (χ3v) is 4.83. The molecule has 3 aromatic carbocycles. The van der Waals surface area contributed by atoms with Gasteiger partial charge in [-0.15, -0.1) is 0 Å². The summed E-state index contributed by atoms with van der Waals surface area (Å²) in [7, 11) is 1.62. The van der Waals surface area contributed by atoms with Gasteiger partial charge in [0.15, 0.2) is 0 Å². The van der Waals surface area contributed by atoms with Crippen LogP contribution in [0.4, 0.5) is 20.6 Å². The van der Waals surface area contributed by atoms with Gasteiger partial charge in [0, 0.05) is 5.69 Å². The number of amides is 2. The third kappa shape index (κ3) is 5.75. The van der Waals surface area contributed by atoms with Crippen molar-refractivity contribution >= 4 is 34.1 Å². The lowest BCUT2D eigenvalue weighted by Gasteiger charge is -2.20. The number of methoxy groups -OCH3 is 1. The van der Waals surface area contributed by atoms with Crippen molar-refractivity contribution in [3.8, 4) is 5.75 Å². The molecule has 0 heterocycles. The van der Waals surface area contributed by atoms with Crippen LogP contribution in [-0.2, 0) is 9.53 Å². The number of nitrogens with one attached hydrogen (secondary N) is 2. The standard InChI is InChI=1S/C25H27FN2O4/c1-15(16-6-7-18-13-20(31-5)10-8-17(18)12-16)23(29)27-19-9-11-21(26)22(14-19)28-24(30)32-25(2,3)4/h6-15H,1-5H3,(H,27,29)(H,28,30)/t15-/m0/s1. The lowest BCUT2D eigenvalue weighted by Crippen LogP contribution is -2.27. The Morgan fingerprint density at radius 3 is 2.31 bits per heavy atom. The summed E-state index contributed by atoms with van der Waals surface area (Å²) in [6.45, 7) is 6.93. The third-order valence-electron chi connectivity index (χ3n) is 4.83. The largest absolute Gasteiger partial charge is 0.497 e. The van der Waals surface area contributed by atoms with E-state index in [-0.39, 0.29) is 11.6 Å². The van der Waals surface area contributed by atoms with Crippen LogP contribution in [0.1, 0.15) is 39.2 Å². The van der Waals surface area contributed by atoms with E-state index in [4.69, 9.17) is 9.47 Å². The van der Waals surface area contributed by atoms with Gasteiger partial charge in [0.05, 0.1) is 18.7 Å². The highest BCUT2D eigenvalue weighted by Gasteiger charge is 2.19. The van der Waals surface area contributed by atoms with Crippen molar-refractivity contribution in [3.63, 3.8) is 0 Å². The van der Waals surface area contributed by atoms with Gasteiger partial charge in [0.2, 0.25) is 5.91 Å². The van der Waals surface area contributed by atoms with E-state index in [0.29, 0.717) is 5.69 Å². The number of hydrogen-bond acceptors (Lipinski definition) is 4. The van der Waals surface area contributed by atoms with Gasteiger partial charge in [0.1, 0.15) is 17.2 Å². The van der Waals surface area contributed by atoms with Crippen molar-refractivity contribution in [2.45, 2.75) is 39.2 Å². The summed E-state index contributed by atoms with van der Waals surface area (Å²) >= 11 is 0.